The first-order valence-corrected chi connectivity index (χ1v) is 7.99. The molecule has 1 aromatic heterocycles. The normalized spacial score (nSPS) is 10.4. The second kappa shape index (κ2) is 8.23. The Kier molecular flexibility index (Phi) is 6.05. The molecule has 0 aliphatic carbocycles. The number of nitrogens with zero attached hydrogens (tertiary/aromatic N) is 2. The Morgan fingerprint density at radius 2 is 1.96 bits per heavy atom. The van der Waals surface area contributed by atoms with Crippen LogP contribution in [0.4, 0.5) is 0 Å². The van der Waals surface area contributed by atoms with Crippen molar-refractivity contribution in [1.82, 2.24) is 15.1 Å². The zero-order chi connectivity index (χ0) is 18.4. The van der Waals surface area contributed by atoms with E-state index in [1.807, 2.05) is 32.0 Å². The summed E-state index contributed by atoms with van der Waals surface area (Å²) >= 11 is 0. The Bertz CT molecular complexity index is 842. The number of nitrogens with one attached hydrogen (secondary N) is 1. The summed E-state index contributed by atoms with van der Waals surface area (Å²) in [7, 11) is 0. The van der Waals surface area contributed by atoms with Gasteiger partial charge in [-0.25, -0.2) is 4.68 Å². The summed E-state index contributed by atoms with van der Waals surface area (Å²) in [5.41, 5.74) is 3.22. The molecule has 0 aliphatic rings. The van der Waals surface area contributed by atoms with E-state index in [2.05, 4.69) is 10.4 Å². The molecule has 2 aromatic rings. The van der Waals surface area contributed by atoms with Gasteiger partial charge in [0.05, 0.1) is 12.3 Å². The number of aryl methyl sites for hydroxylation is 2. The van der Waals surface area contributed by atoms with E-state index in [0.717, 1.165) is 21.4 Å². The summed E-state index contributed by atoms with van der Waals surface area (Å²) in [5, 5.41) is 6.68. The number of hydrogen-bond acceptors (Lipinski definition) is 5. The van der Waals surface area contributed by atoms with Crippen molar-refractivity contribution in [2.75, 3.05) is 13.2 Å². The predicted molar refractivity (Wildman–Crippen MR) is 93.0 cm³/mol. The van der Waals surface area contributed by atoms with Crippen molar-refractivity contribution in [2.45, 2.75) is 27.3 Å². The van der Waals surface area contributed by atoms with Crippen molar-refractivity contribution in [3.05, 3.63) is 51.8 Å². The van der Waals surface area contributed by atoms with Crippen LogP contribution in [0.2, 0.25) is 0 Å². The average molecular weight is 343 g/mol. The molecule has 7 nitrogen and oxygen atoms in total. The van der Waals surface area contributed by atoms with E-state index in [1.54, 1.807) is 13.0 Å². The average Bonchev–Trinajstić information content (AvgIpc) is 2.57. The molecule has 1 heterocycles. The molecule has 0 fully saturated rings. The minimum atomic E-state index is -0.528. The van der Waals surface area contributed by atoms with Crippen molar-refractivity contribution in [1.29, 1.82) is 0 Å². The lowest BCUT2D eigenvalue weighted by Gasteiger charge is -2.10. The molecule has 0 atom stereocenters. The number of esters is 1. The van der Waals surface area contributed by atoms with Crippen LogP contribution in [-0.4, -0.2) is 34.8 Å². The van der Waals surface area contributed by atoms with Gasteiger partial charge in [0.1, 0.15) is 13.1 Å². The van der Waals surface area contributed by atoms with Crippen LogP contribution >= 0.6 is 0 Å². The fraction of sp³-hybridized carbons (Fsp3) is 0.333. The molecule has 1 aromatic carbocycles. The van der Waals surface area contributed by atoms with E-state index in [0.29, 0.717) is 5.69 Å². The molecule has 7 heteroatoms. The number of carbonyl (C=O) groups is 2. The summed E-state index contributed by atoms with van der Waals surface area (Å²) in [6.07, 6.45) is 0. The maximum Gasteiger partial charge on any atom is 0.325 e. The maximum absolute atomic E-state index is 12.0. The third kappa shape index (κ3) is 5.00. The molecule has 1 N–H and O–H groups in total. The topological polar surface area (TPSA) is 90.3 Å². The molecular formula is C18H21N3O4. The van der Waals surface area contributed by atoms with Crippen molar-refractivity contribution < 1.29 is 14.3 Å². The standard InChI is InChI=1S/C18H21N3O4/c1-4-25-18(24)10-19-16(22)11-21-17(23)8-7-15(20-21)14-9-12(2)5-6-13(14)3/h5-9H,4,10-11H2,1-3H3,(H,19,22). The van der Waals surface area contributed by atoms with Gasteiger partial charge in [-0.2, -0.15) is 5.10 Å². The van der Waals surface area contributed by atoms with Gasteiger partial charge in [0.15, 0.2) is 0 Å². The minimum Gasteiger partial charge on any atom is -0.465 e. The van der Waals surface area contributed by atoms with E-state index in [4.69, 9.17) is 4.74 Å². The van der Waals surface area contributed by atoms with Crippen molar-refractivity contribution >= 4 is 11.9 Å². The molecular weight excluding hydrogens is 322 g/mol. The van der Waals surface area contributed by atoms with E-state index >= 15 is 0 Å². The third-order valence-corrected chi connectivity index (χ3v) is 3.56. The third-order valence-electron chi connectivity index (χ3n) is 3.56. The number of ether oxygens (including phenoxy) is 1. The molecule has 0 spiro atoms. The first kappa shape index (κ1) is 18.4. The van der Waals surface area contributed by atoms with Gasteiger partial charge in [0, 0.05) is 11.6 Å². The highest BCUT2D eigenvalue weighted by Gasteiger charge is 2.11. The van der Waals surface area contributed by atoms with Crippen molar-refractivity contribution in [3.8, 4) is 11.3 Å². The monoisotopic (exact) mass is 343 g/mol. The zero-order valence-corrected chi connectivity index (χ0v) is 14.5. The quantitative estimate of drug-likeness (QED) is 0.796. The number of rotatable bonds is 6. The fourth-order valence-corrected chi connectivity index (χ4v) is 2.29. The van der Waals surface area contributed by atoms with Crippen LogP contribution in [0.25, 0.3) is 11.3 Å². The second-order valence-electron chi connectivity index (χ2n) is 5.61. The summed E-state index contributed by atoms with van der Waals surface area (Å²) in [6, 6.07) is 8.97. The van der Waals surface area contributed by atoms with E-state index in [1.165, 1.54) is 6.07 Å². The van der Waals surface area contributed by atoms with Crippen LogP contribution in [-0.2, 0) is 20.9 Å². The smallest absolute Gasteiger partial charge is 0.325 e. The van der Waals surface area contributed by atoms with Gasteiger partial charge in [-0.15, -0.1) is 0 Å². The Labute approximate surface area is 145 Å². The molecule has 0 unspecified atom stereocenters. The van der Waals surface area contributed by atoms with Crippen LogP contribution in [0.1, 0.15) is 18.1 Å². The summed E-state index contributed by atoms with van der Waals surface area (Å²) < 4.78 is 5.81. The number of carbonyl (C=O) groups excluding carboxylic acids is 2. The summed E-state index contributed by atoms with van der Waals surface area (Å²) in [4.78, 5) is 35.1. The molecule has 25 heavy (non-hydrogen) atoms. The van der Waals surface area contributed by atoms with E-state index < -0.39 is 11.9 Å². The molecule has 0 saturated heterocycles. The lowest BCUT2D eigenvalue weighted by atomic mass is 10.0. The Morgan fingerprint density at radius 1 is 1.20 bits per heavy atom. The van der Waals surface area contributed by atoms with Crippen LogP contribution in [0, 0.1) is 13.8 Å². The van der Waals surface area contributed by atoms with Gasteiger partial charge in [-0.1, -0.05) is 17.7 Å². The van der Waals surface area contributed by atoms with Crippen LogP contribution < -0.4 is 10.9 Å². The lowest BCUT2D eigenvalue weighted by Crippen LogP contribution is -2.36. The molecule has 2 rings (SSSR count). The van der Waals surface area contributed by atoms with Gasteiger partial charge in [0.2, 0.25) is 5.91 Å². The van der Waals surface area contributed by atoms with Gasteiger partial charge in [-0.05, 0) is 38.5 Å². The van der Waals surface area contributed by atoms with Gasteiger partial charge >= 0.3 is 5.97 Å². The fourth-order valence-electron chi connectivity index (χ4n) is 2.29. The van der Waals surface area contributed by atoms with Gasteiger partial charge in [0.25, 0.3) is 5.56 Å². The molecule has 0 aliphatic heterocycles. The minimum absolute atomic E-state index is 0.238. The number of amides is 1. The second-order valence-corrected chi connectivity index (χ2v) is 5.61. The Morgan fingerprint density at radius 3 is 2.68 bits per heavy atom. The SMILES string of the molecule is CCOC(=O)CNC(=O)Cn1nc(-c2cc(C)ccc2C)ccc1=O. The van der Waals surface area contributed by atoms with Crippen molar-refractivity contribution in [3.63, 3.8) is 0 Å². The summed E-state index contributed by atoms with van der Waals surface area (Å²) in [6.45, 7) is 5.35. The first-order chi connectivity index (χ1) is 11.9. The molecule has 0 radical (unpaired) electrons. The van der Waals surface area contributed by atoms with Crippen LogP contribution in [0.3, 0.4) is 0 Å². The van der Waals surface area contributed by atoms with E-state index in [-0.39, 0.29) is 25.3 Å². The number of aromatic nitrogens is 2. The van der Waals surface area contributed by atoms with Crippen molar-refractivity contribution in [2.24, 2.45) is 0 Å². The number of hydrogen-bond donors (Lipinski definition) is 1. The highest BCUT2D eigenvalue weighted by Crippen LogP contribution is 2.21. The zero-order valence-electron chi connectivity index (χ0n) is 14.5. The highest BCUT2D eigenvalue weighted by atomic mass is 16.5. The number of benzene rings is 1. The predicted octanol–water partition coefficient (Wildman–Crippen LogP) is 1.21. The van der Waals surface area contributed by atoms with Gasteiger partial charge < -0.3 is 10.1 Å². The largest absolute Gasteiger partial charge is 0.465 e. The molecule has 0 bridgehead atoms. The Balaban J connectivity index is 2.16. The molecule has 1 amide bonds. The first-order valence-electron chi connectivity index (χ1n) is 7.99. The van der Waals surface area contributed by atoms with E-state index in [9.17, 15) is 14.4 Å². The summed E-state index contributed by atoms with van der Waals surface area (Å²) in [5.74, 6) is -1.01. The highest BCUT2D eigenvalue weighted by molar-refractivity contribution is 5.81. The molecule has 0 saturated carbocycles. The van der Waals surface area contributed by atoms with Crippen LogP contribution in [0.5, 0.6) is 0 Å². The maximum atomic E-state index is 12.0. The van der Waals surface area contributed by atoms with Crippen LogP contribution in [0.15, 0.2) is 35.1 Å². The lowest BCUT2D eigenvalue weighted by molar-refractivity contribution is -0.143. The molecule has 132 valence electrons. The Hall–Kier alpha value is -2.96. The van der Waals surface area contributed by atoms with Gasteiger partial charge in [-0.3, -0.25) is 14.4 Å².